The monoisotopic (exact) mass is 379 g/mol. The van der Waals surface area contributed by atoms with Crippen LogP contribution in [0.3, 0.4) is 0 Å². The molecule has 0 aliphatic carbocycles. The van der Waals surface area contributed by atoms with E-state index in [1.54, 1.807) is 31.2 Å². The molecule has 2 rings (SSSR count). The lowest BCUT2D eigenvalue weighted by molar-refractivity contribution is -0.122. The lowest BCUT2D eigenvalue weighted by Crippen LogP contribution is -2.30. The van der Waals surface area contributed by atoms with Crippen molar-refractivity contribution < 1.29 is 18.7 Å². The number of amides is 1. The molecule has 1 amide bonds. The van der Waals surface area contributed by atoms with E-state index in [2.05, 4.69) is 21.2 Å². The summed E-state index contributed by atoms with van der Waals surface area (Å²) in [7, 11) is 0. The van der Waals surface area contributed by atoms with Crippen molar-refractivity contribution in [3.63, 3.8) is 0 Å². The van der Waals surface area contributed by atoms with Gasteiger partial charge in [-0.2, -0.15) is 0 Å². The first-order valence-electron chi connectivity index (χ1n) is 6.90. The van der Waals surface area contributed by atoms with Gasteiger partial charge in [0, 0.05) is 11.3 Å². The number of carbonyl (C=O) groups is 2. The lowest BCUT2D eigenvalue weighted by atomic mass is 10.1. The maximum atomic E-state index is 13.0. The zero-order valence-electron chi connectivity index (χ0n) is 12.6. The summed E-state index contributed by atoms with van der Waals surface area (Å²) < 4.78 is 19.0. The maximum Gasteiger partial charge on any atom is 0.265 e. The van der Waals surface area contributed by atoms with Crippen LogP contribution in [0.4, 0.5) is 10.1 Å². The van der Waals surface area contributed by atoms with Gasteiger partial charge in [-0.15, -0.1) is 0 Å². The summed E-state index contributed by atoms with van der Waals surface area (Å²) in [6, 6.07) is 10.5. The first-order valence-corrected chi connectivity index (χ1v) is 7.69. The Hall–Kier alpha value is -2.21. The number of benzene rings is 2. The maximum absolute atomic E-state index is 13.0. The normalized spacial score (nSPS) is 11.7. The molecule has 1 N–H and O–H groups in total. The van der Waals surface area contributed by atoms with Gasteiger partial charge < -0.3 is 10.1 Å². The van der Waals surface area contributed by atoms with E-state index in [9.17, 15) is 14.0 Å². The topological polar surface area (TPSA) is 55.4 Å². The third kappa shape index (κ3) is 4.63. The van der Waals surface area contributed by atoms with Crippen LogP contribution in [-0.4, -0.2) is 17.8 Å². The van der Waals surface area contributed by atoms with Crippen LogP contribution in [0.5, 0.6) is 5.75 Å². The summed E-state index contributed by atoms with van der Waals surface area (Å²) in [4.78, 5) is 23.3. The quantitative estimate of drug-likeness (QED) is 0.792. The summed E-state index contributed by atoms with van der Waals surface area (Å²) in [5, 5.41) is 2.69. The van der Waals surface area contributed by atoms with Gasteiger partial charge >= 0.3 is 0 Å². The molecular formula is C17H15BrFNO3. The van der Waals surface area contributed by atoms with Crippen LogP contribution in [0, 0.1) is 5.82 Å². The molecule has 0 saturated heterocycles. The number of carbonyl (C=O) groups excluding carboxylic acids is 2. The molecule has 0 aromatic heterocycles. The van der Waals surface area contributed by atoms with Crippen molar-refractivity contribution in [3.05, 3.63) is 58.3 Å². The number of rotatable bonds is 5. The molecule has 0 bridgehead atoms. The van der Waals surface area contributed by atoms with Gasteiger partial charge in [-0.25, -0.2) is 4.39 Å². The summed E-state index contributed by atoms with van der Waals surface area (Å²) in [5.41, 5.74) is 1.14. The largest absolute Gasteiger partial charge is 0.480 e. The molecule has 0 saturated carbocycles. The highest BCUT2D eigenvalue weighted by atomic mass is 79.9. The van der Waals surface area contributed by atoms with E-state index in [1.165, 1.54) is 25.1 Å². The summed E-state index contributed by atoms with van der Waals surface area (Å²) in [6.07, 6.45) is -0.774. The minimum atomic E-state index is -0.774. The highest BCUT2D eigenvalue weighted by molar-refractivity contribution is 9.10. The molecule has 4 nitrogen and oxygen atoms in total. The second-order valence-electron chi connectivity index (χ2n) is 4.96. The predicted octanol–water partition coefficient (Wildman–Crippen LogP) is 4.20. The van der Waals surface area contributed by atoms with Gasteiger partial charge in [0.2, 0.25) is 0 Å². The predicted molar refractivity (Wildman–Crippen MR) is 89.3 cm³/mol. The second kappa shape index (κ2) is 7.37. The summed E-state index contributed by atoms with van der Waals surface area (Å²) in [6.45, 7) is 3.07. The molecule has 23 heavy (non-hydrogen) atoms. The molecule has 0 heterocycles. The smallest absolute Gasteiger partial charge is 0.265 e. The van der Waals surface area contributed by atoms with Gasteiger partial charge in [-0.05, 0) is 72.2 Å². The molecule has 0 aliphatic rings. The first kappa shape index (κ1) is 17.1. The van der Waals surface area contributed by atoms with Gasteiger partial charge in [0.05, 0.1) is 4.47 Å². The van der Waals surface area contributed by atoms with Gasteiger partial charge in [0.1, 0.15) is 11.6 Å². The van der Waals surface area contributed by atoms with Crippen LogP contribution in [0.2, 0.25) is 0 Å². The Morgan fingerprint density at radius 1 is 1.17 bits per heavy atom. The molecule has 1 atom stereocenters. The van der Waals surface area contributed by atoms with E-state index >= 15 is 0 Å². The van der Waals surface area contributed by atoms with E-state index in [4.69, 9.17) is 4.74 Å². The minimum absolute atomic E-state index is 0.0410. The molecule has 0 unspecified atom stereocenters. The fourth-order valence-corrected chi connectivity index (χ4v) is 2.29. The fraction of sp³-hybridized carbons (Fsp3) is 0.176. The highest BCUT2D eigenvalue weighted by Gasteiger charge is 2.16. The third-order valence-electron chi connectivity index (χ3n) is 3.13. The number of anilines is 1. The van der Waals surface area contributed by atoms with Crippen molar-refractivity contribution in [2.45, 2.75) is 20.0 Å². The number of hydrogen-bond donors (Lipinski definition) is 1. The lowest BCUT2D eigenvalue weighted by Gasteiger charge is -2.16. The molecule has 2 aromatic rings. The van der Waals surface area contributed by atoms with Crippen molar-refractivity contribution in [1.29, 1.82) is 0 Å². The Morgan fingerprint density at radius 3 is 2.39 bits per heavy atom. The van der Waals surface area contributed by atoms with Crippen LogP contribution in [0.25, 0.3) is 0 Å². The standard InChI is InChI=1S/C17H15BrFNO3/c1-10(21)12-3-6-14(7-4-12)20-17(22)11(2)23-16-8-5-13(19)9-15(16)18/h3-9,11H,1-2H3,(H,20,22)/t11-/m1/s1. The molecule has 2 aromatic carbocycles. The number of ketones is 1. The van der Waals surface area contributed by atoms with Crippen LogP contribution < -0.4 is 10.1 Å². The first-order chi connectivity index (χ1) is 10.9. The van der Waals surface area contributed by atoms with Gasteiger partial charge in [-0.3, -0.25) is 9.59 Å². The number of nitrogens with one attached hydrogen (secondary N) is 1. The van der Waals surface area contributed by atoms with E-state index in [-0.39, 0.29) is 11.7 Å². The SMILES string of the molecule is CC(=O)c1ccc(NC(=O)[C@@H](C)Oc2ccc(F)cc2Br)cc1. The second-order valence-corrected chi connectivity index (χ2v) is 5.81. The zero-order chi connectivity index (χ0) is 17.0. The molecule has 0 fully saturated rings. The van der Waals surface area contributed by atoms with Gasteiger partial charge in [-0.1, -0.05) is 0 Å². The van der Waals surface area contributed by atoms with Gasteiger partial charge in [0.25, 0.3) is 5.91 Å². The van der Waals surface area contributed by atoms with Crippen molar-refractivity contribution in [1.82, 2.24) is 0 Å². The molecule has 0 radical (unpaired) electrons. The van der Waals surface area contributed by atoms with Crippen molar-refractivity contribution >= 4 is 33.3 Å². The van der Waals surface area contributed by atoms with Crippen molar-refractivity contribution in [3.8, 4) is 5.75 Å². The highest BCUT2D eigenvalue weighted by Crippen LogP contribution is 2.26. The molecule has 6 heteroatoms. The van der Waals surface area contributed by atoms with E-state index < -0.39 is 11.9 Å². The molecule has 0 spiro atoms. The Bertz CT molecular complexity index is 731. The van der Waals surface area contributed by atoms with Crippen molar-refractivity contribution in [2.75, 3.05) is 5.32 Å². The molecular weight excluding hydrogens is 365 g/mol. The number of hydrogen-bond acceptors (Lipinski definition) is 3. The minimum Gasteiger partial charge on any atom is -0.480 e. The average Bonchev–Trinajstić information content (AvgIpc) is 2.50. The zero-order valence-corrected chi connectivity index (χ0v) is 14.2. The molecule has 120 valence electrons. The van der Waals surface area contributed by atoms with E-state index in [1.807, 2.05) is 0 Å². The van der Waals surface area contributed by atoms with Crippen LogP contribution in [-0.2, 0) is 4.79 Å². The third-order valence-corrected chi connectivity index (χ3v) is 3.75. The number of Topliss-reactive ketones (excluding diaryl/α,β-unsaturated/α-hetero) is 1. The average molecular weight is 380 g/mol. The van der Waals surface area contributed by atoms with Crippen LogP contribution in [0.1, 0.15) is 24.2 Å². The van der Waals surface area contributed by atoms with Crippen molar-refractivity contribution in [2.24, 2.45) is 0 Å². The Labute approximate surface area is 141 Å². The van der Waals surface area contributed by atoms with Gasteiger partial charge in [0.15, 0.2) is 11.9 Å². The van der Waals surface area contributed by atoms with Crippen LogP contribution >= 0.6 is 15.9 Å². The number of halogens is 2. The molecule has 0 aliphatic heterocycles. The van der Waals surface area contributed by atoms with E-state index in [0.29, 0.717) is 21.5 Å². The Kier molecular flexibility index (Phi) is 5.50. The van der Waals surface area contributed by atoms with Crippen LogP contribution in [0.15, 0.2) is 46.9 Å². The Morgan fingerprint density at radius 2 is 1.83 bits per heavy atom. The summed E-state index contributed by atoms with van der Waals surface area (Å²) in [5.74, 6) is -0.412. The Balaban J connectivity index is 2.00. The fourth-order valence-electron chi connectivity index (χ4n) is 1.85. The summed E-state index contributed by atoms with van der Waals surface area (Å²) >= 11 is 3.18. The number of ether oxygens (including phenoxy) is 1. The van der Waals surface area contributed by atoms with E-state index in [0.717, 1.165) is 0 Å².